The van der Waals surface area contributed by atoms with Gasteiger partial charge in [-0.1, -0.05) is 6.92 Å². The van der Waals surface area contributed by atoms with Crippen molar-refractivity contribution in [3.63, 3.8) is 0 Å². The zero-order valence-electron chi connectivity index (χ0n) is 17.7. The highest BCUT2D eigenvalue weighted by atomic mass is 32.1. The largest absolute Gasteiger partial charge is 0.497 e. The second-order valence-corrected chi connectivity index (χ2v) is 8.64. The van der Waals surface area contributed by atoms with Crippen LogP contribution in [0.15, 0.2) is 18.2 Å². The van der Waals surface area contributed by atoms with Gasteiger partial charge in [-0.05, 0) is 42.9 Å². The van der Waals surface area contributed by atoms with Gasteiger partial charge in [0.1, 0.15) is 16.5 Å². The Morgan fingerprint density at radius 2 is 1.90 bits per heavy atom. The molecule has 1 aliphatic carbocycles. The number of nitrogens with one attached hydrogen (secondary N) is 2. The average molecular weight is 447 g/mol. The lowest BCUT2D eigenvalue weighted by molar-refractivity contribution is -0.138. The Labute approximate surface area is 184 Å². The van der Waals surface area contributed by atoms with E-state index in [2.05, 4.69) is 10.6 Å². The molecule has 3 N–H and O–H groups in total. The first-order valence-electron chi connectivity index (χ1n) is 10.0. The van der Waals surface area contributed by atoms with Crippen molar-refractivity contribution in [2.24, 2.45) is 5.92 Å². The zero-order valence-corrected chi connectivity index (χ0v) is 18.6. The van der Waals surface area contributed by atoms with Crippen LogP contribution in [-0.4, -0.2) is 37.1 Å². The number of hydrogen-bond donors (Lipinski definition) is 3. The summed E-state index contributed by atoms with van der Waals surface area (Å²) >= 11 is 1.41. The molecule has 1 unspecified atom stereocenters. The monoisotopic (exact) mass is 446 g/mol. The minimum absolute atomic E-state index is 0.0691. The van der Waals surface area contributed by atoms with Crippen molar-refractivity contribution in [3.8, 4) is 11.5 Å². The van der Waals surface area contributed by atoms with E-state index in [9.17, 15) is 14.4 Å². The van der Waals surface area contributed by atoms with E-state index in [0.717, 1.165) is 29.7 Å². The Hall–Kier alpha value is -3.07. The Balaban J connectivity index is 1.83. The van der Waals surface area contributed by atoms with E-state index in [-0.39, 0.29) is 30.6 Å². The molecule has 0 saturated heterocycles. The molecule has 8 nitrogen and oxygen atoms in total. The summed E-state index contributed by atoms with van der Waals surface area (Å²) in [6, 6.07) is 5.12. The number of rotatable bonds is 9. The molecule has 2 amide bonds. The average Bonchev–Trinajstić information content (AvgIpc) is 3.27. The Bertz CT molecular complexity index is 1000. The number of anilines is 2. The molecule has 1 heterocycles. The summed E-state index contributed by atoms with van der Waals surface area (Å²) in [7, 11) is 3.06. The van der Waals surface area contributed by atoms with Crippen LogP contribution in [0.5, 0.6) is 11.5 Å². The first kappa shape index (κ1) is 22.6. The highest BCUT2D eigenvalue weighted by Gasteiger charge is 2.28. The van der Waals surface area contributed by atoms with Gasteiger partial charge in [0.2, 0.25) is 5.91 Å². The first-order chi connectivity index (χ1) is 14.8. The van der Waals surface area contributed by atoms with E-state index in [4.69, 9.17) is 14.6 Å². The number of methoxy groups -OCH3 is 2. The van der Waals surface area contributed by atoms with Crippen molar-refractivity contribution < 1.29 is 29.0 Å². The zero-order chi connectivity index (χ0) is 22.5. The molecule has 1 aromatic heterocycles. The number of aliphatic carboxylic acids is 1. The number of ether oxygens (including phenoxy) is 2. The van der Waals surface area contributed by atoms with Crippen molar-refractivity contribution >= 4 is 39.8 Å². The molecule has 0 spiro atoms. The summed E-state index contributed by atoms with van der Waals surface area (Å²) in [4.78, 5) is 37.7. The van der Waals surface area contributed by atoms with E-state index in [1.54, 1.807) is 25.1 Å². The lowest BCUT2D eigenvalue weighted by Crippen LogP contribution is -2.20. The van der Waals surface area contributed by atoms with Crippen LogP contribution in [0.25, 0.3) is 0 Å². The van der Waals surface area contributed by atoms with Crippen molar-refractivity contribution in [3.05, 3.63) is 34.2 Å². The number of fused-ring (bicyclic) bond motifs is 1. The minimum Gasteiger partial charge on any atom is -0.497 e. The van der Waals surface area contributed by atoms with Crippen LogP contribution in [-0.2, 0) is 22.4 Å². The van der Waals surface area contributed by atoms with Crippen LogP contribution in [0.3, 0.4) is 0 Å². The summed E-state index contributed by atoms with van der Waals surface area (Å²) in [5, 5.41) is 15.1. The normalized spacial score (nSPS) is 13.3. The number of thiophene rings is 1. The molecule has 0 fully saturated rings. The first-order valence-corrected chi connectivity index (χ1v) is 10.8. The predicted octanol–water partition coefficient (Wildman–Crippen LogP) is 3.95. The second-order valence-electron chi connectivity index (χ2n) is 7.54. The molecule has 1 aliphatic rings. The third kappa shape index (κ3) is 5.35. The number of carbonyl (C=O) groups excluding carboxylic acids is 2. The van der Waals surface area contributed by atoms with E-state index in [1.807, 2.05) is 0 Å². The molecule has 2 aromatic rings. The van der Waals surface area contributed by atoms with Gasteiger partial charge in [0.25, 0.3) is 5.91 Å². The Morgan fingerprint density at radius 3 is 2.58 bits per heavy atom. The van der Waals surface area contributed by atoms with E-state index < -0.39 is 5.97 Å². The molecule has 0 saturated carbocycles. The third-order valence-electron chi connectivity index (χ3n) is 5.11. The third-order valence-corrected chi connectivity index (χ3v) is 6.32. The lowest BCUT2D eigenvalue weighted by Gasteiger charge is -2.14. The maximum Gasteiger partial charge on any atom is 0.303 e. The minimum atomic E-state index is -0.942. The summed E-state index contributed by atoms with van der Waals surface area (Å²) in [6.07, 6.45) is 2.59. The number of carbonyl (C=O) groups is 3. The lowest BCUT2D eigenvalue weighted by atomic mass is 10.0. The fraction of sp³-hybridized carbons (Fsp3) is 0.409. The molecule has 166 valence electrons. The maximum atomic E-state index is 13.2. The number of hydrogen-bond acceptors (Lipinski definition) is 6. The molecular formula is C22H26N2O6S. The molecule has 31 heavy (non-hydrogen) atoms. The molecule has 9 heteroatoms. The molecule has 0 aliphatic heterocycles. The van der Waals surface area contributed by atoms with E-state index in [0.29, 0.717) is 27.8 Å². The number of carboxylic acids is 1. The van der Waals surface area contributed by atoms with Crippen LogP contribution < -0.4 is 20.1 Å². The van der Waals surface area contributed by atoms with Crippen LogP contribution in [0.1, 0.15) is 47.0 Å². The van der Waals surface area contributed by atoms with Gasteiger partial charge in [-0.15, -0.1) is 11.3 Å². The Kier molecular flexibility index (Phi) is 7.17. The topological polar surface area (TPSA) is 114 Å². The number of carboxylic acid groups (broad SMARTS) is 1. The van der Waals surface area contributed by atoms with Gasteiger partial charge in [-0.25, -0.2) is 0 Å². The molecule has 0 radical (unpaired) electrons. The number of amides is 2. The van der Waals surface area contributed by atoms with Crippen LogP contribution in [0.2, 0.25) is 0 Å². The van der Waals surface area contributed by atoms with Gasteiger partial charge in [-0.3, -0.25) is 14.4 Å². The second kappa shape index (κ2) is 9.82. The van der Waals surface area contributed by atoms with E-state index >= 15 is 0 Å². The molecule has 1 aromatic carbocycles. The van der Waals surface area contributed by atoms with Gasteiger partial charge in [0.15, 0.2) is 0 Å². The van der Waals surface area contributed by atoms with Gasteiger partial charge < -0.3 is 25.2 Å². The number of benzene rings is 1. The summed E-state index contributed by atoms with van der Waals surface area (Å²) < 4.78 is 10.6. The van der Waals surface area contributed by atoms with Gasteiger partial charge >= 0.3 is 5.97 Å². The highest BCUT2D eigenvalue weighted by Crippen LogP contribution is 2.40. The SMILES string of the molecule is COc1ccc(OC)c(NC(=O)c2c(NC(=O)CC(C)CC(=O)O)sc3c2CCC3)c1. The fourth-order valence-corrected chi connectivity index (χ4v) is 5.00. The molecule has 0 bridgehead atoms. The summed E-state index contributed by atoms with van der Waals surface area (Å²) in [6.45, 7) is 1.71. The quantitative estimate of drug-likeness (QED) is 0.538. The maximum absolute atomic E-state index is 13.2. The van der Waals surface area contributed by atoms with Crippen molar-refractivity contribution in [1.29, 1.82) is 0 Å². The summed E-state index contributed by atoms with van der Waals surface area (Å²) in [5.74, 6) is -0.812. The summed E-state index contributed by atoms with van der Waals surface area (Å²) in [5.41, 5.74) is 1.89. The van der Waals surface area contributed by atoms with Gasteiger partial charge in [-0.2, -0.15) is 0 Å². The molecular weight excluding hydrogens is 420 g/mol. The smallest absolute Gasteiger partial charge is 0.303 e. The van der Waals surface area contributed by atoms with Gasteiger partial charge in [0.05, 0.1) is 25.5 Å². The highest BCUT2D eigenvalue weighted by molar-refractivity contribution is 7.17. The van der Waals surface area contributed by atoms with Crippen LogP contribution in [0.4, 0.5) is 10.7 Å². The fourth-order valence-electron chi connectivity index (χ4n) is 3.69. The predicted molar refractivity (Wildman–Crippen MR) is 119 cm³/mol. The van der Waals surface area contributed by atoms with Gasteiger partial charge in [0, 0.05) is 23.8 Å². The van der Waals surface area contributed by atoms with Crippen LogP contribution >= 0.6 is 11.3 Å². The van der Waals surface area contributed by atoms with E-state index in [1.165, 1.54) is 25.6 Å². The van der Waals surface area contributed by atoms with Crippen molar-refractivity contribution in [1.82, 2.24) is 0 Å². The number of aryl methyl sites for hydroxylation is 1. The molecule has 1 atom stereocenters. The van der Waals surface area contributed by atoms with Crippen molar-refractivity contribution in [2.75, 3.05) is 24.9 Å². The standard InChI is InChI=1S/C22H26N2O6S/c1-12(10-19(26)27)9-18(25)24-22-20(14-5-4-6-17(14)31-22)21(28)23-15-11-13(29-2)7-8-16(15)30-3/h7-8,11-12H,4-6,9-10H2,1-3H3,(H,23,28)(H,24,25)(H,26,27). The Morgan fingerprint density at radius 1 is 1.13 bits per heavy atom. The van der Waals surface area contributed by atoms with Crippen molar-refractivity contribution in [2.45, 2.75) is 39.0 Å². The van der Waals surface area contributed by atoms with Crippen LogP contribution in [0, 0.1) is 5.92 Å². The molecule has 3 rings (SSSR count).